The van der Waals surface area contributed by atoms with E-state index in [0.29, 0.717) is 6.54 Å². The maximum atomic E-state index is 9.14. The van der Waals surface area contributed by atoms with Crippen LogP contribution in [0.3, 0.4) is 0 Å². The van der Waals surface area contributed by atoms with Gasteiger partial charge in [-0.15, -0.1) is 0 Å². The number of nitrogens with zero attached hydrogens (tertiary/aromatic N) is 4. The zero-order chi connectivity index (χ0) is 9.10. The summed E-state index contributed by atoms with van der Waals surface area (Å²) >= 11 is 0. The summed E-state index contributed by atoms with van der Waals surface area (Å²) in [5.41, 5.74) is 1.05. The second-order valence-electron chi connectivity index (χ2n) is 2.62. The number of benzene rings is 1. The van der Waals surface area contributed by atoms with Crippen LogP contribution in [-0.4, -0.2) is 25.3 Å². The number of aromatic nitrogens is 4. The molecular weight excluding hydrogens is 168 g/mol. The lowest BCUT2D eigenvalue weighted by atomic mass is 10.2. The van der Waals surface area contributed by atoms with E-state index in [9.17, 15) is 0 Å². The molecule has 0 saturated carbocycles. The summed E-state index contributed by atoms with van der Waals surface area (Å²) in [6, 6.07) is 9.52. The lowest BCUT2D eigenvalue weighted by Crippen LogP contribution is -2.00. The van der Waals surface area contributed by atoms with Gasteiger partial charge in [0.2, 0.25) is 0 Å². The van der Waals surface area contributed by atoms with E-state index < -0.39 is 0 Å². The SMILES string of the molecule is Oc1nnnn1Cc1ccccc1. The zero-order valence-electron chi connectivity index (χ0n) is 6.83. The van der Waals surface area contributed by atoms with Crippen LogP contribution in [0.4, 0.5) is 0 Å². The minimum atomic E-state index is -0.163. The van der Waals surface area contributed by atoms with Crippen molar-refractivity contribution in [2.75, 3.05) is 0 Å². The first-order valence-corrected chi connectivity index (χ1v) is 3.85. The van der Waals surface area contributed by atoms with E-state index in [4.69, 9.17) is 5.11 Å². The van der Waals surface area contributed by atoms with Gasteiger partial charge in [-0.05, 0) is 16.0 Å². The Morgan fingerprint density at radius 1 is 1.23 bits per heavy atom. The van der Waals surface area contributed by atoms with Crippen molar-refractivity contribution in [1.82, 2.24) is 20.2 Å². The van der Waals surface area contributed by atoms with Crippen molar-refractivity contribution in [3.8, 4) is 6.01 Å². The summed E-state index contributed by atoms with van der Waals surface area (Å²) in [6.45, 7) is 0.486. The molecule has 0 atom stereocenters. The van der Waals surface area contributed by atoms with Gasteiger partial charge in [-0.2, -0.15) is 4.68 Å². The highest BCUT2D eigenvalue weighted by Gasteiger charge is 2.02. The molecule has 1 aromatic carbocycles. The van der Waals surface area contributed by atoms with Crippen molar-refractivity contribution < 1.29 is 5.11 Å². The van der Waals surface area contributed by atoms with Gasteiger partial charge in [0.15, 0.2) is 0 Å². The molecule has 5 heteroatoms. The molecule has 1 aromatic heterocycles. The third-order valence-corrected chi connectivity index (χ3v) is 1.69. The predicted molar refractivity (Wildman–Crippen MR) is 45.0 cm³/mol. The van der Waals surface area contributed by atoms with Gasteiger partial charge in [0.1, 0.15) is 0 Å². The molecule has 1 heterocycles. The Morgan fingerprint density at radius 3 is 2.62 bits per heavy atom. The first kappa shape index (κ1) is 7.72. The fourth-order valence-corrected chi connectivity index (χ4v) is 1.06. The van der Waals surface area contributed by atoms with Crippen LogP contribution < -0.4 is 0 Å². The lowest BCUT2D eigenvalue weighted by molar-refractivity contribution is 0.393. The Hall–Kier alpha value is -1.91. The van der Waals surface area contributed by atoms with E-state index in [2.05, 4.69) is 15.5 Å². The minimum Gasteiger partial charge on any atom is -0.478 e. The monoisotopic (exact) mass is 176 g/mol. The van der Waals surface area contributed by atoms with E-state index >= 15 is 0 Å². The topological polar surface area (TPSA) is 63.8 Å². The van der Waals surface area contributed by atoms with Crippen LogP contribution in [0.5, 0.6) is 6.01 Å². The molecule has 2 rings (SSSR count). The number of hydrogen-bond acceptors (Lipinski definition) is 4. The highest BCUT2D eigenvalue weighted by molar-refractivity contribution is 5.15. The van der Waals surface area contributed by atoms with Crippen LogP contribution in [-0.2, 0) is 6.54 Å². The standard InChI is InChI=1S/C8H8N4O/c13-8-9-10-11-12(8)6-7-4-2-1-3-5-7/h1-5H,6H2,(H,9,11,13). The molecule has 1 N–H and O–H groups in total. The van der Waals surface area contributed by atoms with Gasteiger partial charge in [-0.3, -0.25) is 0 Å². The van der Waals surface area contributed by atoms with E-state index in [1.165, 1.54) is 4.68 Å². The number of rotatable bonds is 2. The van der Waals surface area contributed by atoms with Gasteiger partial charge in [-0.25, -0.2) is 0 Å². The maximum Gasteiger partial charge on any atom is 0.333 e. The molecule has 2 aromatic rings. The molecule has 13 heavy (non-hydrogen) atoms. The fourth-order valence-electron chi connectivity index (χ4n) is 1.06. The van der Waals surface area contributed by atoms with Gasteiger partial charge < -0.3 is 5.11 Å². The first-order valence-electron chi connectivity index (χ1n) is 3.85. The normalized spacial score (nSPS) is 10.2. The van der Waals surface area contributed by atoms with Crippen LogP contribution >= 0.6 is 0 Å². The maximum absolute atomic E-state index is 9.14. The fraction of sp³-hybridized carbons (Fsp3) is 0.125. The molecule has 0 spiro atoms. The van der Waals surface area contributed by atoms with E-state index in [-0.39, 0.29) is 6.01 Å². The summed E-state index contributed by atoms with van der Waals surface area (Å²) in [5.74, 6) is 0. The van der Waals surface area contributed by atoms with Gasteiger partial charge in [-0.1, -0.05) is 35.4 Å². The second kappa shape index (κ2) is 3.22. The molecule has 0 aliphatic carbocycles. The smallest absolute Gasteiger partial charge is 0.333 e. The molecule has 0 fully saturated rings. The summed E-state index contributed by atoms with van der Waals surface area (Å²) in [5, 5.41) is 19.5. The third kappa shape index (κ3) is 1.64. The average molecular weight is 176 g/mol. The number of tetrazole rings is 1. The van der Waals surface area contributed by atoms with Crippen molar-refractivity contribution in [1.29, 1.82) is 0 Å². The quantitative estimate of drug-likeness (QED) is 0.720. The predicted octanol–water partition coefficient (Wildman–Crippen LogP) is 0.427. The molecule has 5 nitrogen and oxygen atoms in total. The molecule has 0 amide bonds. The number of hydrogen-bond donors (Lipinski definition) is 1. The Kier molecular flexibility index (Phi) is 1.91. The average Bonchev–Trinajstić information content (AvgIpc) is 2.54. The van der Waals surface area contributed by atoms with Crippen molar-refractivity contribution in [2.45, 2.75) is 6.54 Å². The second-order valence-corrected chi connectivity index (χ2v) is 2.62. The van der Waals surface area contributed by atoms with Crippen LogP contribution in [0.1, 0.15) is 5.56 Å². The van der Waals surface area contributed by atoms with E-state index in [1.54, 1.807) is 0 Å². The van der Waals surface area contributed by atoms with Gasteiger partial charge >= 0.3 is 6.01 Å². The third-order valence-electron chi connectivity index (χ3n) is 1.69. The van der Waals surface area contributed by atoms with Crippen molar-refractivity contribution >= 4 is 0 Å². The van der Waals surface area contributed by atoms with E-state index in [0.717, 1.165) is 5.56 Å². The Bertz CT molecular complexity index is 384. The molecule has 0 unspecified atom stereocenters. The molecule has 0 aliphatic rings. The molecule has 0 aliphatic heterocycles. The van der Waals surface area contributed by atoms with Crippen molar-refractivity contribution in [3.05, 3.63) is 35.9 Å². The molecular formula is C8H8N4O. The minimum absolute atomic E-state index is 0.163. The van der Waals surface area contributed by atoms with Crippen LogP contribution in [0.2, 0.25) is 0 Å². The molecule has 0 saturated heterocycles. The number of aromatic hydroxyl groups is 1. The Morgan fingerprint density at radius 2 is 2.00 bits per heavy atom. The van der Waals surface area contributed by atoms with Crippen molar-refractivity contribution in [3.63, 3.8) is 0 Å². The van der Waals surface area contributed by atoms with E-state index in [1.807, 2.05) is 30.3 Å². The summed E-state index contributed by atoms with van der Waals surface area (Å²) in [6.07, 6.45) is 0. The van der Waals surface area contributed by atoms with Gasteiger partial charge in [0.25, 0.3) is 0 Å². The zero-order valence-corrected chi connectivity index (χ0v) is 6.83. The lowest BCUT2D eigenvalue weighted by Gasteiger charge is -1.99. The summed E-state index contributed by atoms with van der Waals surface area (Å²) < 4.78 is 1.33. The van der Waals surface area contributed by atoms with Crippen LogP contribution in [0.15, 0.2) is 30.3 Å². The molecule has 0 bridgehead atoms. The van der Waals surface area contributed by atoms with Crippen molar-refractivity contribution in [2.24, 2.45) is 0 Å². The van der Waals surface area contributed by atoms with Gasteiger partial charge in [0.05, 0.1) is 6.54 Å². The van der Waals surface area contributed by atoms with Crippen LogP contribution in [0, 0.1) is 0 Å². The Labute approximate surface area is 74.6 Å². The first-order chi connectivity index (χ1) is 6.36. The highest BCUT2D eigenvalue weighted by Crippen LogP contribution is 2.05. The summed E-state index contributed by atoms with van der Waals surface area (Å²) in [4.78, 5) is 0. The van der Waals surface area contributed by atoms with Gasteiger partial charge in [0, 0.05) is 0 Å². The largest absolute Gasteiger partial charge is 0.478 e. The highest BCUT2D eigenvalue weighted by atomic mass is 16.3. The summed E-state index contributed by atoms with van der Waals surface area (Å²) in [7, 11) is 0. The molecule has 0 radical (unpaired) electrons. The Balaban J connectivity index is 2.20. The molecule has 66 valence electrons. The van der Waals surface area contributed by atoms with Crippen LogP contribution in [0.25, 0.3) is 0 Å².